The molecule has 2 aromatic carbocycles. The Morgan fingerprint density at radius 1 is 1.19 bits per heavy atom. The minimum atomic E-state index is -0.274. The maximum absolute atomic E-state index is 12.9. The van der Waals surface area contributed by atoms with Crippen LogP contribution in [0.2, 0.25) is 0 Å². The second kappa shape index (κ2) is 5.68. The molecule has 3 rings (SSSR count). The molecular weight excluding hydrogens is 265 g/mol. The van der Waals surface area contributed by atoms with Crippen molar-refractivity contribution >= 4 is 5.91 Å². The molecule has 0 saturated carbocycles. The molecule has 0 N–H and O–H groups in total. The predicted octanol–water partition coefficient (Wildman–Crippen LogP) is 3.51. The van der Waals surface area contributed by atoms with E-state index in [1.54, 1.807) is 12.1 Å². The number of aryl methyl sites for hydroxylation is 1. The lowest BCUT2D eigenvalue weighted by Gasteiger charge is -2.25. The number of nitrogens with zero attached hydrogens (tertiary/aromatic N) is 1. The third-order valence-corrected chi connectivity index (χ3v) is 4.23. The van der Waals surface area contributed by atoms with E-state index < -0.39 is 0 Å². The minimum Gasteiger partial charge on any atom is -0.338 e. The first-order chi connectivity index (χ1) is 10.1. The number of likely N-dealkylation sites (N-methyl/N-ethyl adjacent to an activating group) is 1. The number of hydrogen-bond acceptors (Lipinski definition) is 1. The monoisotopic (exact) mass is 283 g/mol. The fraction of sp³-hybridized carbons (Fsp3) is 0.278. The van der Waals surface area contributed by atoms with E-state index in [9.17, 15) is 9.18 Å². The van der Waals surface area contributed by atoms with Crippen molar-refractivity contribution in [3.8, 4) is 0 Å². The highest BCUT2D eigenvalue weighted by molar-refractivity contribution is 5.79. The fourth-order valence-electron chi connectivity index (χ4n) is 3.01. The Bertz CT molecular complexity index is 651. The van der Waals surface area contributed by atoms with E-state index in [2.05, 4.69) is 12.1 Å². The Kier molecular flexibility index (Phi) is 3.74. The summed E-state index contributed by atoms with van der Waals surface area (Å²) in [4.78, 5) is 14.3. The number of carbonyl (C=O) groups is 1. The third kappa shape index (κ3) is 2.82. The number of rotatable bonds is 3. The standard InChI is InChI=1S/C18H18FNO/c1-20(17-11-8-14-4-2-3-5-16(14)17)18(21)12-13-6-9-15(19)10-7-13/h2-7,9-10,17H,8,11-12H2,1H3. The van der Waals surface area contributed by atoms with Gasteiger partial charge in [-0.1, -0.05) is 36.4 Å². The molecule has 2 nitrogen and oxygen atoms in total. The third-order valence-electron chi connectivity index (χ3n) is 4.23. The molecule has 1 amide bonds. The van der Waals surface area contributed by atoms with Crippen molar-refractivity contribution in [1.82, 2.24) is 4.90 Å². The first-order valence-corrected chi connectivity index (χ1v) is 7.23. The van der Waals surface area contributed by atoms with Crippen molar-refractivity contribution in [2.45, 2.75) is 25.3 Å². The lowest BCUT2D eigenvalue weighted by molar-refractivity contribution is -0.131. The Hall–Kier alpha value is -2.16. The maximum atomic E-state index is 12.9. The predicted molar refractivity (Wildman–Crippen MR) is 80.4 cm³/mol. The Morgan fingerprint density at radius 3 is 2.67 bits per heavy atom. The Labute approximate surface area is 124 Å². The summed E-state index contributed by atoms with van der Waals surface area (Å²) in [5.74, 6) is -0.201. The quantitative estimate of drug-likeness (QED) is 0.844. The van der Waals surface area contributed by atoms with Crippen molar-refractivity contribution in [2.75, 3.05) is 7.05 Å². The van der Waals surface area contributed by atoms with Crippen LogP contribution in [0.3, 0.4) is 0 Å². The molecule has 108 valence electrons. The van der Waals surface area contributed by atoms with E-state index in [0.717, 1.165) is 18.4 Å². The van der Waals surface area contributed by atoms with Crippen LogP contribution in [0.5, 0.6) is 0 Å². The van der Waals surface area contributed by atoms with Gasteiger partial charge in [0.15, 0.2) is 0 Å². The maximum Gasteiger partial charge on any atom is 0.227 e. The summed E-state index contributed by atoms with van der Waals surface area (Å²) in [6, 6.07) is 14.6. The van der Waals surface area contributed by atoms with Gasteiger partial charge >= 0.3 is 0 Å². The number of amides is 1. The topological polar surface area (TPSA) is 20.3 Å². The zero-order chi connectivity index (χ0) is 14.8. The van der Waals surface area contributed by atoms with Gasteiger partial charge in [0.05, 0.1) is 12.5 Å². The molecule has 0 fully saturated rings. The average molecular weight is 283 g/mol. The molecule has 0 spiro atoms. The second-order valence-electron chi connectivity index (χ2n) is 5.56. The molecule has 0 aromatic heterocycles. The van der Waals surface area contributed by atoms with Gasteiger partial charge in [0.25, 0.3) is 0 Å². The first-order valence-electron chi connectivity index (χ1n) is 7.23. The number of benzene rings is 2. The molecule has 0 bridgehead atoms. The smallest absolute Gasteiger partial charge is 0.227 e. The van der Waals surface area contributed by atoms with Crippen LogP contribution < -0.4 is 0 Å². The molecule has 21 heavy (non-hydrogen) atoms. The normalized spacial score (nSPS) is 16.6. The number of carbonyl (C=O) groups excluding carboxylic acids is 1. The summed E-state index contributed by atoms with van der Waals surface area (Å²) in [5.41, 5.74) is 3.44. The van der Waals surface area contributed by atoms with E-state index in [0.29, 0.717) is 6.42 Å². The van der Waals surface area contributed by atoms with E-state index in [1.807, 2.05) is 24.1 Å². The van der Waals surface area contributed by atoms with E-state index >= 15 is 0 Å². The average Bonchev–Trinajstić information content (AvgIpc) is 2.92. The first kappa shape index (κ1) is 13.8. The summed E-state index contributed by atoms with van der Waals surface area (Å²) < 4.78 is 12.9. The van der Waals surface area contributed by atoms with Crippen LogP contribution >= 0.6 is 0 Å². The van der Waals surface area contributed by atoms with Crippen LogP contribution in [0.25, 0.3) is 0 Å². The number of halogens is 1. The molecule has 0 saturated heterocycles. The molecule has 1 unspecified atom stereocenters. The molecule has 2 aromatic rings. The van der Waals surface area contributed by atoms with Gasteiger partial charge in [-0.2, -0.15) is 0 Å². The summed E-state index contributed by atoms with van der Waals surface area (Å²) in [7, 11) is 1.86. The lowest BCUT2D eigenvalue weighted by atomic mass is 10.1. The molecule has 0 radical (unpaired) electrons. The number of fused-ring (bicyclic) bond motifs is 1. The molecule has 0 heterocycles. The van der Waals surface area contributed by atoms with Gasteiger partial charge in [-0.25, -0.2) is 4.39 Å². The molecule has 0 aliphatic heterocycles. The zero-order valence-electron chi connectivity index (χ0n) is 12.1. The van der Waals surface area contributed by atoms with Crippen LogP contribution in [0.4, 0.5) is 4.39 Å². The summed E-state index contributed by atoms with van der Waals surface area (Å²) in [5, 5.41) is 0. The van der Waals surface area contributed by atoms with E-state index in [-0.39, 0.29) is 17.8 Å². The minimum absolute atomic E-state index is 0.0725. The molecule has 1 aliphatic carbocycles. The van der Waals surface area contributed by atoms with Gasteiger partial charge in [-0.15, -0.1) is 0 Å². The van der Waals surface area contributed by atoms with Crippen LogP contribution in [-0.2, 0) is 17.6 Å². The van der Waals surface area contributed by atoms with Crippen LogP contribution in [-0.4, -0.2) is 17.9 Å². The highest BCUT2D eigenvalue weighted by Crippen LogP contribution is 2.34. The summed E-state index contributed by atoms with van der Waals surface area (Å²) in [6.45, 7) is 0. The molecule has 1 aliphatic rings. The van der Waals surface area contributed by atoms with Crippen LogP contribution in [0.1, 0.15) is 29.2 Å². The molecule has 3 heteroatoms. The summed E-state index contributed by atoms with van der Waals surface area (Å²) in [6.07, 6.45) is 2.31. The summed E-state index contributed by atoms with van der Waals surface area (Å²) >= 11 is 0. The van der Waals surface area contributed by atoms with Crippen molar-refractivity contribution in [3.63, 3.8) is 0 Å². The van der Waals surface area contributed by atoms with Crippen LogP contribution in [0.15, 0.2) is 48.5 Å². The van der Waals surface area contributed by atoms with Crippen molar-refractivity contribution < 1.29 is 9.18 Å². The number of hydrogen-bond donors (Lipinski definition) is 0. The second-order valence-corrected chi connectivity index (χ2v) is 5.56. The van der Waals surface area contributed by atoms with Gasteiger partial charge in [0.1, 0.15) is 5.82 Å². The fourth-order valence-corrected chi connectivity index (χ4v) is 3.01. The highest BCUT2D eigenvalue weighted by atomic mass is 19.1. The Balaban J connectivity index is 1.72. The van der Waals surface area contributed by atoms with Crippen molar-refractivity contribution in [2.24, 2.45) is 0 Å². The van der Waals surface area contributed by atoms with E-state index in [1.165, 1.54) is 23.3 Å². The van der Waals surface area contributed by atoms with Gasteiger partial charge in [-0.05, 0) is 41.7 Å². The van der Waals surface area contributed by atoms with Crippen LogP contribution in [0, 0.1) is 5.82 Å². The Morgan fingerprint density at radius 2 is 1.90 bits per heavy atom. The van der Waals surface area contributed by atoms with Gasteiger partial charge in [-0.3, -0.25) is 4.79 Å². The SMILES string of the molecule is CN(C(=O)Cc1ccc(F)cc1)C1CCc2ccccc21. The van der Waals surface area contributed by atoms with Crippen molar-refractivity contribution in [1.29, 1.82) is 0 Å². The van der Waals surface area contributed by atoms with E-state index in [4.69, 9.17) is 0 Å². The van der Waals surface area contributed by atoms with Gasteiger partial charge in [0.2, 0.25) is 5.91 Å². The van der Waals surface area contributed by atoms with Gasteiger partial charge in [0, 0.05) is 7.05 Å². The van der Waals surface area contributed by atoms with Crippen molar-refractivity contribution in [3.05, 3.63) is 71.0 Å². The highest BCUT2D eigenvalue weighted by Gasteiger charge is 2.28. The lowest BCUT2D eigenvalue weighted by Crippen LogP contribution is -2.31. The molecular formula is C18H18FNO. The largest absolute Gasteiger partial charge is 0.338 e. The van der Waals surface area contributed by atoms with Gasteiger partial charge < -0.3 is 4.90 Å². The molecule has 1 atom stereocenters. The zero-order valence-corrected chi connectivity index (χ0v) is 12.1.